The molecule has 1 aliphatic rings. The van der Waals surface area contributed by atoms with Gasteiger partial charge in [0.1, 0.15) is 5.70 Å². The first kappa shape index (κ1) is 21.1. The molecule has 5 nitrogen and oxygen atoms in total. The van der Waals surface area contributed by atoms with E-state index in [0.29, 0.717) is 42.3 Å². The van der Waals surface area contributed by atoms with Gasteiger partial charge in [-0.05, 0) is 42.5 Å². The van der Waals surface area contributed by atoms with Crippen molar-refractivity contribution in [2.75, 3.05) is 25.1 Å². The Morgan fingerprint density at radius 2 is 1.68 bits per heavy atom. The average molecular weight is 435 g/mol. The zero-order valence-corrected chi connectivity index (χ0v) is 18.0. The summed E-state index contributed by atoms with van der Waals surface area (Å²) < 4.78 is 5.37. The number of hydrogen-bond acceptors (Lipinski definition) is 4. The highest BCUT2D eigenvalue weighted by Crippen LogP contribution is 2.33. The first-order valence-electron chi connectivity index (χ1n) is 10.3. The van der Waals surface area contributed by atoms with Gasteiger partial charge in [-0.25, -0.2) is 0 Å². The number of halogens is 1. The van der Waals surface area contributed by atoms with Crippen molar-refractivity contribution in [1.29, 1.82) is 0 Å². The molecule has 0 bridgehead atoms. The molecule has 0 fully saturated rings. The second kappa shape index (κ2) is 9.33. The van der Waals surface area contributed by atoms with E-state index in [2.05, 4.69) is 5.32 Å². The van der Waals surface area contributed by atoms with Crippen molar-refractivity contribution in [2.24, 2.45) is 0 Å². The van der Waals surface area contributed by atoms with Gasteiger partial charge in [-0.2, -0.15) is 0 Å². The van der Waals surface area contributed by atoms with Crippen LogP contribution in [0.2, 0.25) is 5.02 Å². The van der Waals surface area contributed by atoms with Crippen LogP contribution in [-0.4, -0.2) is 36.5 Å². The first-order chi connectivity index (χ1) is 15.1. The molecule has 0 radical (unpaired) electrons. The molecule has 0 saturated heterocycles. The van der Waals surface area contributed by atoms with E-state index >= 15 is 0 Å². The van der Waals surface area contributed by atoms with Crippen molar-refractivity contribution in [3.8, 4) is 0 Å². The molecular weight excluding hydrogens is 412 g/mol. The SMILES string of the molecule is CCOCCCN1C(=O)C(Nc2cccc3ccccc23)=C(c2ccc(Cl)cc2)C1=O. The van der Waals surface area contributed by atoms with E-state index in [1.54, 1.807) is 24.3 Å². The first-order valence-corrected chi connectivity index (χ1v) is 10.7. The number of nitrogens with zero attached hydrogens (tertiary/aromatic N) is 1. The van der Waals surface area contributed by atoms with Gasteiger partial charge >= 0.3 is 0 Å². The zero-order valence-electron chi connectivity index (χ0n) is 17.2. The molecule has 0 aliphatic carbocycles. The minimum atomic E-state index is -0.334. The van der Waals surface area contributed by atoms with Crippen LogP contribution < -0.4 is 5.32 Å². The Morgan fingerprint density at radius 3 is 2.45 bits per heavy atom. The predicted molar refractivity (Wildman–Crippen MR) is 124 cm³/mol. The van der Waals surface area contributed by atoms with Crippen molar-refractivity contribution >= 4 is 45.4 Å². The van der Waals surface area contributed by atoms with Crippen molar-refractivity contribution in [3.63, 3.8) is 0 Å². The van der Waals surface area contributed by atoms with Crippen LogP contribution in [0.5, 0.6) is 0 Å². The smallest absolute Gasteiger partial charge is 0.278 e. The van der Waals surface area contributed by atoms with E-state index in [-0.39, 0.29) is 17.5 Å². The lowest BCUT2D eigenvalue weighted by Gasteiger charge is -2.15. The molecule has 0 atom stereocenters. The molecule has 4 rings (SSSR count). The molecule has 0 aromatic heterocycles. The van der Waals surface area contributed by atoms with Crippen LogP contribution in [0.3, 0.4) is 0 Å². The standard InChI is InChI=1S/C25H23ClN2O3/c1-2-31-16-6-15-28-24(29)22(18-11-13-19(26)14-12-18)23(25(28)30)27-21-10-5-8-17-7-3-4-9-20(17)21/h3-5,7-14,27H,2,6,15-16H2,1H3. The summed E-state index contributed by atoms with van der Waals surface area (Å²) in [5.41, 5.74) is 2.06. The van der Waals surface area contributed by atoms with Crippen LogP contribution in [-0.2, 0) is 14.3 Å². The fraction of sp³-hybridized carbons (Fsp3) is 0.200. The van der Waals surface area contributed by atoms with Crippen molar-refractivity contribution in [2.45, 2.75) is 13.3 Å². The molecule has 6 heteroatoms. The molecule has 158 valence electrons. The summed E-state index contributed by atoms with van der Waals surface area (Å²) in [6.45, 7) is 3.31. The third-order valence-electron chi connectivity index (χ3n) is 5.22. The van der Waals surface area contributed by atoms with Crippen LogP contribution in [0, 0.1) is 0 Å². The third kappa shape index (κ3) is 4.33. The Bertz CT molecular complexity index is 1150. The molecule has 31 heavy (non-hydrogen) atoms. The molecule has 1 heterocycles. The van der Waals surface area contributed by atoms with Crippen LogP contribution in [0.15, 0.2) is 72.4 Å². The molecular formula is C25H23ClN2O3. The molecule has 1 aliphatic heterocycles. The van der Waals surface area contributed by atoms with Crippen LogP contribution in [0.1, 0.15) is 18.9 Å². The Labute approximate surface area is 186 Å². The predicted octanol–water partition coefficient (Wildman–Crippen LogP) is 5.11. The topological polar surface area (TPSA) is 58.6 Å². The Morgan fingerprint density at radius 1 is 0.935 bits per heavy atom. The zero-order chi connectivity index (χ0) is 21.8. The summed E-state index contributed by atoms with van der Waals surface area (Å²) in [6, 6.07) is 20.7. The lowest BCUT2D eigenvalue weighted by atomic mass is 10.0. The van der Waals surface area contributed by atoms with Gasteiger partial charge in [0.25, 0.3) is 11.8 Å². The van der Waals surface area contributed by atoms with Crippen molar-refractivity contribution in [1.82, 2.24) is 4.90 Å². The largest absolute Gasteiger partial charge is 0.382 e. The molecule has 3 aromatic carbocycles. The number of benzene rings is 3. The Balaban J connectivity index is 1.73. The molecule has 2 amide bonds. The summed E-state index contributed by atoms with van der Waals surface area (Å²) in [6.07, 6.45) is 0.584. The number of ether oxygens (including phenoxy) is 1. The highest BCUT2D eigenvalue weighted by Gasteiger charge is 2.39. The fourth-order valence-electron chi connectivity index (χ4n) is 3.72. The van der Waals surface area contributed by atoms with Gasteiger partial charge in [0.05, 0.1) is 5.57 Å². The number of carbonyl (C=O) groups excluding carboxylic acids is 2. The quantitative estimate of drug-likeness (QED) is 0.395. The van der Waals surface area contributed by atoms with Crippen LogP contribution in [0.4, 0.5) is 5.69 Å². The maximum absolute atomic E-state index is 13.3. The van der Waals surface area contributed by atoms with Gasteiger partial charge in [-0.1, -0.05) is 60.1 Å². The second-order valence-electron chi connectivity index (χ2n) is 7.22. The summed E-state index contributed by atoms with van der Waals surface area (Å²) >= 11 is 6.03. The van der Waals surface area contributed by atoms with Gasteiger partial charge in [0, 0.05) is 35.9 Å². The van der Waals surface area contributed by atoms with Gasteiger partial charge in [-0.15, -0.1) is 0 Å². The van der Waals surface area contributed by atoms with E-state index < -0.39 is 0 Å². The number of imide groups is 1. The minimum absolute atomic E-state index is 0.278. The molecule has 0 unspecified atom stereocenters. The van der Waals surface area contributed by atoms with Gasteiger partial charge < -0.3 is 10.1 Å². The fourth-order valence-corrected chi connectivity index (χ4v) is 3.84. The molecule has 0 saturated carbocycles. The number of amides is 2. The number of carbonyl (C=O) groups is 2. The normalized spacial score (nSPS) is 14.1. The molecule has 0 spiro atoms. The maximum Gasteiger partial charge on any atom is 0.278 e. The van der Waals surface area contributed by atoms with Gasteiger partial charge in [-0.3, -0.25) is 14.5 Å². The Hall–Kier alpha value is -3.15. The highest BCUT2D eigenvalue weighted by atomic mass is 35.5. The van der Waals surface area contributed by atoms with E-state index in [1.165, 1.54) is 4.90 Å². The summed E-state index contributed by atoms with van der Waals surface area (Å²) in [4.78, 5) is 27.8. The van der Waals surface area contributed by atoms with E-state index in [4.69, 9.17) is 16.3 Å². The summed E-state index contributed by atoms with van der Waals surface area (Å²) in [5, 5.41) is 5.85. The van der Waals surface area contributed by atoms with E-state index in [0.717, 1.165) is 16.5 Å². The summed E-state index contributed by atoms with van der Waals surface area (Å²) in [5.74, 6) is -0.647. The van der Waals surface area contributed by atoms with Crippen molar-refractivity contribution < 1.29 is 14.3 Å². The van der Waals surface area contributed by atoms with Crippen LogP contribution >= 0.6 is 11.6 Å². The number of anilines is 1. The lowest BCUT2D eigenvalue weighted by molar-refractivity contribution is -0.137. The van der Waals surface area contributed by atoms with Crippen molar-refractivity contribution in [3.05, 3.63) is 83.0 Å². The van der Waals surface area contributed by atoms with Gasteiger partial charge in [0.2, 0.25) is 0 Å². The molecule has 1 N–H and O–H groups in total. The lowest BCUT2D eigenvalue weighted by Crippen LogP contribution is -2.34. The van der Waals surface area contributed by atoms with E-state index in [9.17, 15) is 9.59 Å². The highest BCUT2D eigenvalue weighted by molar-refractivity contribution is 6.37. The van der Waals surface area contributed by atoms with Gasteiger partial charge in [0.15, 0.2) is 0 Å². The number of fused-ring (bicyclic) bond motifs is 1. The number of nitrogens with one attached hydrogen (secondary N) is 1. The van der Waals surface area contributed by atoms with E-state index in [1.807, 2.05) is 49.4 Å². The van der Waals surface area contributed by atoms with Crippen LogP contribution in [0.25, 0.3) is 16.3 Å². The summed E-state index contributed by atoms with van der Waals surface area (Å²) in [7, 11) is 0. The number of hydrogen-bond donors (Lipinski definition) is 1. The average Bonchev–Trinajstić information content (AvgIpc) is 3.01. The monoisotopic (exact) mass is 434 g/mol. The maximum atomic E-state index is 13.3. The third-order valence-corrected chi connectivity index (χ3v) is 5.48. The molecule has 3 aromatic rings. The second-order valence-corrected chi connectivity index (χ2v) is 7.66. The Kier molecular flexibility index (Phi) is 6.35. The number of rotatable bonds is 8. The minimum Gasteiger partial charge on any atom is -0.382 e.